The molecule has 2 rings (SSSR count). The third-order valence-electron chi connectivity index (χ3n) is 4.27. The first-order valence-corrected chi connectivity index (χ1v) is 8.23. The summed E-state index contributed by atoms with van der Waals surface area (Å²) in [6.07, 6.45) is 0.0971. The van der Waals surface area contributed by atoms with Crippen molar-refractivity contribution in [2.24, 2.45) is 0 Å². The number of amides is 1. The molecule has 0 bridgehead atoms. The van der Waals surface area contributed by atoms with Gasteiger partial charge in [-0.1, -0.05) is 24.3 Å². The van der Waals surface area contributed by atoms with E-state index in [1.165, 1.54) is 19.2 Å². The Kier molecular flexibility index (Phi) is 6.46. The molecule has 0 aliphatic heterocycles. The molecule has 0 aromatic heterocycles. The largest absolute Gasteiger partial charge is 0.480 e. The molecule has 0 heterocycles. The Bertz CT molecular complexity index is 819. The molecule has 2 aromatic carbocycles. The molecular formula is C20H22FNO4. The second kappa shape index (κ2) is 8.58. The molecule has 0 aliphatic carbocycles. The number of methoxy groups -OCH3 is 1. The topological polar surface area (TPSA) is 75.6 Å². The number of aliphatic carboxylic acids is 1. The van der Waals surface area contributed by atoms with Crippen LogP contribution in [-0.4, -0.2) is 36.7 Å². The zero-order valence-electron chi connectivity index (χ0n) is 15.0. The molecule has 0 aliphatic rings. The standard InChI is InChI=1S/C20H22FNO4/c1-12-4-5-14(10-13(12)2)15-6-7-16(17(21)11-15)19(23)22-18(20(24)25)8-9-26-3/h4-7,10-11,18H,8-9H2,1-3H3,(H,22,23)(H,24,25). The maximum atomic E-state index is 14.4. The minimum atomic E-state index is -1.19. The SMILES string of the molecule is COCCC(NC(=O)c1ccc(-c2ccc(C)c(C)c2)cc1F)C(=O)O. The molecule has 2 N–H and O–H groups in total. The number of carbonyl (C=O) groups is 2. The summed E-state index contributed by atoms with van der Waals surface area (Å²) in [5.74, 6) is -2.66. The lowest BCUT2D eigenvalue weighted by molar-refractivity contribution is -0.139. The van der Waals surface area contributed by atoms with Crippen LogP contribution in [0.4, 0.5) is 4.39 Å². The molecule has 2 aromatic rings. The normalized spacial score (nSPS) is 11.8. The number of hydrogen-bond donors (Lipinski definition) is 2. The predicted molar refractivity (Wildman–Crippen MR) is 96.7 cm³/mol. The molecule has 0 fully saturated rings. The van der Waals surface area contributed by atoms with Crippen molar-refractivity contribution in [2.45, 2.75) is 26.3 Å². The number of carbonyl (C=O) groups excluding carboxylic acids is 1. The Morgan fingerprint density at radius 1 is 1.12 bits per heavy atom. The lowest BCUT2D eigenvalue weighted by atomic mass is 9.99. The second-order valence-corrected chi connectivity index (χ2v) is 6.14. The van der Waals surface area contributed by atoms with E-state index in [2.05, 4.69) is 5.32 Å². The van der Waals surface area contributed by atoms with Gasteiger partial charge in [0.1, 0.15) is 11.9 Å². The molecular weight excluding hydrogens is 337 g/mol. The first-order valence-electron chi connectivity index (χ1n) is 8.23. The van der Waals surface area contributed by atoms with E-state index in [1.54, 1.807) is 6.07 Å². The van der Waals surface area contributed by atoms with Crippen LogP contribution in [0, 0.1) is 19.7 Å². The Labute approximate surface area is 151 Å². The van der Waals surface area contributed by atoms with Gasteiger partial charge in [-0.15, -0.1) is 0 Å². The average Bonchev–Trinajstić information content (AvgIpc) is 2.60. The van der Waals surface area contributed by atoms with E-state index < -0.39 is 23.7 Å². The van der Waals surface area contributed by atoms with Crippen molar-refractivity contribution in [1.29, 1.82) is 0 Å². The highest BCUT2D eigenvalue weighted by atomic mass is 19.1. The van der Waals surface area contributed by atoms with Gasteiger partial charge in [0.2, 0.25) is 0 Å². The van der Waals surface area contributed by atoms with Crippen LogP contribution in [0.5, 0.6) is 0 Å². The lowest BCUT2D eigenvalue weighted by Crippen LogP contribution is -2.41. The molecule has 138 valence electrons. The summed E-state index contributed by atoms with van der Waals surface area (Å²) in [5, 5.41) is 11.5. The van der Waals surface area contributed by atoms with E-state index in [0.29, 0.717) is 5.56 Å². The van der Waals surface area contributed by atoms with Crippen LogP contribution >= 0.6 is 0 Å². The Balaban J connectivity index is 2.21. The van der Waals surface area contributed by atoms with Gasteiger partial charge >= 0.3 is 5.97 Å². The molecule has 0 saturated carbocycles. The van der Waals surface area contributed by atoms with Crippen molar-refractivity contribution >= 4 is 11.9 Å². The van der Waals surface area contributed by atoms with Crippen molar-refractivity contribution in [1.82, 2.24) is 5.32 Å². The summed E-state index contributed by atoms with van der Waals surface area (Å²) >= 11 is 0. The van der Waals surface area contributed by atoms with Gasteiger partial charge in [-0.2, -0.15) is 0 Å². The van der Waals surface area contributed by atoms with Crippen LogP contribution in [0.3, 0.4) is 0 Å². The van der Waals surface area contributed by atoms with E-state index in [0.717, 1.165) is 16.7 Å². The van der Waals surface area contributed by atoms with Crippen LogP contribution < -0.4 is 5.32 Å². The van der Waals surface area contributed by atoms with E-state index in [9.17, 15) is 14.0 Å². The van der Waals surface area contributed by atoms with E-state index in [4.69, 9.17) is 9.84 Å². The van der Waals surface area contributed by atoms with Gasteiger partial charge < -0.3 is 15.2 Å². The number of carboxylic acid groups (broad SMARTS) is 1. The summed E-state index contributed by atoms with van der Waals surface area (Å²) < 4.78 is 19.3. The molecule has 0 saturated heterocycles. The quantitative estimate of drug-likeness (QED) is 0.795. The van der Waals surface area contributed by atoms with Gasteiger partial charge in [0.25, 0.3) is 5.91 Å². The zero-order chi connectivity index (χ0) is 19.3. The molecule has 1 atom stereocenters. The van der Waals surface area contributed by atoms with Crippen LogP contribution in [0.15, 0.2) is 36.4 Å². The van der Waals surface area contributed by atoms with Crippen molar-refractivity contribution in [3.63, 3.8) is 0 Å². The predicted octanol–water partition coefficient (Wildman–Crippen LogP) is 3.33. The lowest BCUT2D eigenvalue weighted by Gasteiger charge is -2.15. The molecule has 5 nitrogen and oxygen atoms in total. The number of halogens is 1. The molecule has 1 amide bonds. The zero-order valence-corrected chi connectivity index (χ0v) is 15.0. The Morgan fingerprint density at radius 2 is 1.77 bits per heavy atom. The maximum Gasteiger partial charge on any atom is 0.326 e. The number of rotatable bonds is 7. The van der Waals surface area contributed by atoms with Gasteiger partial charge in [-0.25, -0.2) is 9.18 Å². The minimum absolute atomic E-state index is 0.0971. The number of benzene rings is 2. The first-order chi connectivity index (χ1) is 12.3. The van der Waals surface area contributed by atoms with Gasteiger partial charge in [-0.3, -0.25) is 4.79 Å². The van der Waals surface area contributed by atoms with Crippen molar-refractivity contribution in [2.75, 3.05) is 13.7 Å². The summed E-state index contributed by atoms with van der Waals surface area (Å²) in [6, 6.07) is 8.95. The van der Waals surface area contributed by atoms with Gasteiger partial charge in [0, 0.05) is 20.1 Å². The average molecular weight is 359 g/mol. The number of aryl methyl sites for hydroxylation is 2. The van der Waals surface area contributed by atoms with Gasteiger partial charge in [-0.05, 0) is 48.2 Å². The highest BCUT2D eigenvalue weighted by Gasteiger charge is 2.22. The molecule has 0 radical (unpaired) electrons. The highest BCUT2D eigenvalue weighted by Crippen LogP contribution is 2.24. The Morgan fingerprint density at radius 3 is 2.35 bits per heavy atom. The maximum absolute atomic E-state index is 14.4. The fourth-order valence-electron chi connectivity index (χ4n) is 2.53. The van der Waals surface area contributed by atoms with Crippen LogP contribution in [-0.2, 0) is 9.53 Å². The molecule has 26 heavy (non-hydrogen) atoms. The van der Waals surface area contributed by atoms with E-state index in [-0.39, 0.29) is 18.6 Å². The highest BCUT2D eigenvalue weighted by molar-refractivity contribution is 5.97. The summed E-state index contributed by atoms with van der Waals surface area (Å²) in [5.41, 5.74) is 3.54. The van der Waals surface area contributed by atoms with Crippen molar-refractivity contribution in [3.05, 3.63) is 58.9 Å². The van der Waals surface area contributed by atoms with Crippen LogP contribution in [0.1, 0.15) is 27.9 Å². The number of ether oxygens (including phenoxy) is 1. The number of nitrogens with one attached hydrogen (secondary N) is 1. The smallest absolute Gasteiger partial charge is 0.326 e. The second-order valence-electron chi connectivity index (χ2n) is 6.14. The number of hydrogen-bond acceptors (Lipinski definition) is 3. The van der Waals surface area contributed by atoms with Crippen molar-refractivity contribution < 1.29 is 23.8 Å². The van der Waals surface area contributed by atoms with E-state index in [1.807, 2.05) is 32.0 Å². The summed E-state index contributed by atoms with van der Waals surface area (Å²) in [4.78, 5) is 23.4. The summed E-state index contributed by atoms with van der Waals surface area (Å²) in [6.45, 7) is 4.14. The third kappa shape index (κ3) is 4.67. The fourth-order valence-corrected chi connectivity index (χ4v) is 2.53. The third-order valence-corrected chi connectivity index (χ3v) is 4.27. The number of carboxylic acids is 1. The van der Waals surface area contributed by atoms with Gasteiger partial charge in [0.05, 0.1) is 5.56 Å². The first kappa shape index (κ1) is 19.6. The molecule has 6 heteroatoms. The van der Waals surface area contributed by atoms with Crippen LogP contribution in [0.25, 0.3) is 11.1 Å². The van der Waals surface area contributed by atoms with Gasteiger partial charge in [0.15, 0.2) is 0 Å². The monoisotopic (exact) mass is 359 g/mol. The fraction of sp³-hybridized carbons (Fsp3) is 0.300. The van der Waals surface area contributed by atoms with E-state index >= 15 is 0 Å². The Hall–Kier alpha value is -2.73. The van der Waals surface area contributed by atoms with Crippen molar-refractivity contribution in [3.8, 4) is 11.1 Å². The molecule has 0 spiro atoms. The molecule has 1 unspecified atom stereocenters. The van der Waals surface area contributed by atoms with Crippen LogP contribution in [0.2, 0.25) is 0 Å². The minimum Gasteiger partial charge on any atom is -0.480 e. The summed E-state index contributed by atoms with van der Waals surface area (Å²) in [7, 11) is 1.44.